The zero-order valence-corrected chi connectivity index (χ0v) is 13.8. The van der Waals surface area contributed by atoms with Gasteiger partial charge in [-0.25, -0.2) is 18.4 Å². The molecule has 122 valence electrons. The van der Waals surface area contributed by atoms with Crippen molar-refractivity contribution in [2.45, 2.75) is 0 Å². The minimum absolute atomic E-state index is 0.510. The van der Waals surface area contributed by atoms with Gasteiger partial charge in [0.05, 0.1) is 11.9 Å². The minimum Gasteiger partial charge on any atom is -0.340 e. The van der Waals surface area contributed by atoms with Crippen LogP contribution < -0.4 is 10.0 Å². The largest absolute Gasteiger partial charge is 0.340 e. The van der Waals surface area contributed by atoms with Crippen LogP contribution in [0, 0.1) is 0 Å². The number of rotatable bonds is 5. The van der Waals surface area contributed by atoms with Crippen LogP contribution in [0.4, 0.5) is 17.2 Å². The lowest BCUT2D eigenvalue weighted by Crippen LogP contribution is -2.09. The molecular weight excluding hydrogens is 324 g/mol. The lowest BCUT2D eigenvalue weighted by molar-refractivity contribution is 0.607. The molecule has 0 amide bonds. The van der Waals surface area contributed by atoms with E-state index in [2.05, 4.69) is 20.0 Å². The molecule has 1 heterocycles. The van der Waals surface area contributed by atoms with Crippen LogP contribution in [-0.4, -0.2) is 24.6 Å². The number of aromatic nitrogens is 2. The van der Waals surface area contributed by atoms with E-state index in [1.807, 2.05) is 36.4 Å². The Kier molecular flexibility index (Phi) is 4.43. The standard InChI is InChI=1S/C17H16N4O2S/c1-24(22,23)21-15-9-7-14(8-10-15)20-17-11-16(18-12-19-17)13-5-3-2-4-6-13/h2-12,21H,1H3,(H,18,19,20). The minimum atomic E-state index is -3.28. The summed E-state index contributed by atoms with van der Waals surface area (Å²) in [7, 11) is -3.28. The number of anilines is 3. The maximum absolute atomic E-state index is 11.2. The second-order valence-electron chi connectivity index (χ2n) is 5.23. The van der Waals surface area contributed by atoms with Crippen molar-refractivity contribution in [3.05, 3.63) is 67.0 Å². The van der Waals surface area contributed by atoms with Crippen LogP contribution in [0.3, 0.4) is 0 Å². The molecule has 3 rings (SSSR count). The lowest BCUT2D eigenvalue weighted by atomic mass is 10.1. The molecule has 0 saturated carbocycles. The van der Waals surface area contributed by atoms with Crippen molar-refractivity contribution >= 4 is 27.2 Å². The second kappa shape index (κ2) is 6.67. The van der Waals surface area contributed by atoms with Crippen molar-refractivity contribution < 1.29 is 8.42 Å². The quantitative estimate of drug-likeness (QED) is 0.745. The first-order valence-corrected chi connectivity index (χ1v) is 9.11. The molecule has 0 unspecified atom stereocenters. The van der Waals surface area contributed by atoms with Crippen molar-refractivity contribution in [3.8, 4) is 11.3 Å². The van der Waals surface area contributed by atoms with Gasteiger partial charge in [0.15, 0.2) is 0 Å². The van der Waals surface area contributed by atoms with Crippen LogP contribution in [0.15, 0.2) is 67.0 Å². The summed E-state index contributed by atoms with van der Waals surface area (Å²) in [6.07, 6.45) is 2.62. The number of sulfonamides is 1. The summed E-state index contributed by atoms with van der Waals surface area (Å²) in [4.78, 5) is 8.49. The summed E-state index contributed by atoms with van der Waals surface area (Å²) in [5, 5.41) is 3.18. The Hall–Kier alpha value is -2.93. The number of nitrogens with zero attached hydrogens (tertiary/aromatic N) is 2. The first-order chi connectivity index (χ1) is 11.5. The van der Waals surface area contributed by atoms with Gasteiger partial charge in [-0.05, 0) is 24.3 Å². The van der Waals surface area contributed by atoms with Crippen LogP contribution in [0.5, 0.6) is 0 Å². The first kappa shape index (κ1) is 15.9. The van der Waals surface area contributed by atoms with Gasteiger partial charge in [-0.3, -0.25) is 4.72 Å². The van der Waals surface area contributed by atoms with Crippen LogP contribution in [-0.2, 0) is 10.0 Å². The predicted octanol–water partition coefficient (Wildman–Crippen LogP) is 3.26. The van der Waals surface area contributed by atoms with Gasteiger partial charge >= 0.3 is 0 Å². The molecule has 0 bridgehead atoms. The molecule has 6 nitrogen and oxygen atoms in total. The van der Waals surface area contributed by atoms with Gasteiger partial charge in [0.25, 0.3) is 0 Å². The molecule has 1 aromatic heterocycles. The van der Waals surface area contributed by atoms with Gasteiger partial charge in [-0.1, -0.05) is 30.3 Å². The summed E-state index contributed by atoms with van der Waals surface area (Å²) in [6.45, 7) is 0. The Morgan fingerprint density at radius 2 is 1.54 bits per heavy atom. The Morgan fingerprint density at radius 1 is 0.875 bits per heavy atom. The van der Waals surface area contributed by atoms with Crippen molar-refractivity contribution in [1.82, 2.24) is 9.97 Å². The third kappa shape index (κ3) is 4.30. The summed E-state index contributed by atoms with van der Waals surface area (Å²) in [6, 6.07) is 18.6. The number of benzene rings is 2. The van der Waals surface area contributed by atoms with E-state index in [9.17, 15) is 8.42 Å². The van der Waals surface area contributed by atoms with E-state index >= 15 is 0 Å². The molecule has 7 heteroatoms. The van der Waals surface area contributed by atoms with E-state index < -0.39 is 10.0 Å². The number of hydrogen-bond donors (Lipinski definition) is 2. The zero-order chi connectivity index (χ0) is 17.0. The molecule has 0 saturated heterocycles. The van der Waals surface area contributed by atoms with Gasteiger partial charge in [0.2, 0.25) is 10.0 Å². The summed E-state index contributed by atoms with van der Waals surface area (Å²) >= 11 is 0. The molecule has 0 radical (unpaired) electrons. The van der Waals surface area contributed by atoms with Crippen LogP contribution in [0.25, 0.3) is 11.3 Å². The van der Waals surface area contributed by atoms with E-state index in [0.29, 0.717) is 11.5 Å². The third-order valence-corrected chi connectivity index (χ3v) is 3.80. The Labute approximate surface area is 140 Å². The molecule has 3 aromatic rings. The fraction of sp³-hybridized carbons (Fsp3) is 0.0588. The Balaban J connectivity index is 1.77. The number of nitrogens with one attached hydrogen (secondary N) is 2. The zero-order valence-electron chi connectivity index (χ0n) is 13.0. The molecule has 24 heavy (non-hydrogen) atoms. The highest BCUT2D eigenvalue weighted by Crippen LogP contribution is 2.22. The first-order valence-electron chi connectivity index (χ1n) is 7.22. The Morgan fingerprint density at radius 3 is 2.21 bits per heavy atom. The summed E-state index contributed by atoms with van der Waals surface area (Å²) in [5.41, 5.74) is 3.14. The highest BCUT2D eigenvalue weighted by molar-refractivity contribution is 7.92. The predicted molar refractivity (Wildman–Crippen MR) is 95.7 cm³/mol. The van der Waals surface area contributed by atoms with Crippen molar-refractivity contribution in [2.24, 2.45) is 0 Å². The fourth-order valence-electron chi connectivity index (χ4n) is 2.18. The van der Waals surface area contributed by atoms with Crippen LogP contribution >= 0.6 is 0 Å². The summed E-state index contributed by atoms with van der Waals surface area (Å²) < 4.78 is 24.8. The summed E-state index contributed by atoms with van der Waals surface area (Å²) in [5.74, 6) is 0.660. The van der Waals surface area contributed by atoms with E-state index in [4.69, 9.17) is 0 Å². The maximum atomic E-state index is 11.2. The van der Waals surface area contributed by atoms with Crippen molar-refractivity contribution in [2.75, 3.05) is 16.3 Å². The normalized spacial score (nSPS) is 11.0. The van der Waals surface area contributed by atoms with E-state index in [1.165, 1.54) is 6.33 Å². The molecule has 0 aliphatic rings. The highest BCUT2D eigenvalue weighted by atomic mass is 32.2. The molecule has 2 N–H and O–H groups in total. The fourth-order valence-corrected chi connectivity index (χ4v) is 2.74. The van der Waals surface area contributed by atoms with Crippen molar-refractivity contribution in [1.29, 1.82) is 0 Å². The van der Waals surface area contributed by atoms with Gasteiger partial charge in [-0.15, -0.1) is 0 Å². The molecule has 0 spiro atoms. The van der Waals surface area contributed by atoms with Crippen molar-refractivity contribution in [3.63, 3.8) is 0 Å². The molecule has 0 aliphatic carbocycles. The molecule has 0 fully saturated rings. The van der Waals surface area contributed by atoms with Gasteiger partial charge in [0, 0.05) is 23.0 Å². The van der Waals surface area contributed by atoms with E-state index in [-0.39, 0.29) is 0 Å². The van der Waals surface area contributed by atoms with E-state index in [0.717, 1.165) is 23.2 Å². The third-order valence-electron chi connectivity index (χ3n) is 3.20. The smallest absolute Gasteiger partial charge is 0.229 e. The molecule has 2 aromatic carbocycles. The monoisotopic (exact) mass is 340 g/mol. The topological polar surface area (TPSA) is 84.0 Å². The second-order valence-corrected chi connectivity index (χ2v) is 6.98. The van der Waals surface area contributed by atoms with E-state index in [1.54, 1.807) is 24.3 Å². The van der Waals surface area contributed by atoms with Gasteiger partial charge in [0.1, 0.15) is 12.1 Å². The van der Waals surface area contributed by atoms with Gasteiger partial charge < -0.3 is 5.32 Å². The lowest BCUT2D eigenvalue weighted by Gasteiger charge is -2.08. The Bertz CT molecular complexity index is 926. The van der Waals surface area contributed by atoms with Crippen LogP contribution in [0.2, 0.25) is 0 Å². The maximum Gasteiger partial charge on any atom is 0.229 e. The average Bonchev–Trinajstić information content (AvgIpc) is 2.56. The molecular formula is C17H16N4O2S. The molecule has 0 aliphatic heterocycles. The van der Waals surface area contributed by atoms with Gasteiger partial charge in [-0.2, -0.15) is 0 Å². The number of hydrogen-bond acceptors (Lipinski definition) is 5. The highest BCUT2D eigenvalue weighted by Gasteiger charge is 2.04. The molecule has 0 atom stereocenters. The SMILES string of the molecule is CS(=O)(=O)Nc1ccc(Nc2cc(-c3ccccc3)ncn2)cc1. The van der Waals surface area contributed by atoms with Crippen LogP contribution in [0.1, 0.15) is 0 Å². The average molecular weight is 340 g/mol.